The molecule has 0 spiro atoms. The van der Waals surface area contributed by atoms with Gasteiger partial charge < -0.3 is 64.0 Å². The number of non-ortho nitro benzene ring substituents is 1. The molecule has 0 bridgehead atoms. The quantitative estimate of drug-likeness (QED) is 0.0905. The van der Waals surface area contributed by atoms with Gasteiger partial charge in [0.15, 0.2) is 12.6 Å². The van der Waals surface area contributed by atoms with E-state index in [1.165, 1.54) is 43.0 Å². The number of aliphatic hydroxyl groups excluding tert-OH is 2. The molecule has 1 aromatic carbocycles. The van der Waals surface area contributed by atoms with E-state index in [4.69, 9.17) is 28.4 Å². The van der Waals surface area contributed by atoms with E-state index < -0.39 is 113 Å². The number of nitro groups is 1. The lowest BCUT2D eigenvalue weighted by Crippen LogP contribution is -2.59. The standard InChI is InChI=1S/C51H84FN7O14/c1-14-40-51(10,65)44(60)33(6)57(12)27-29(2)23-49(8,64)46(31(4)43(32(5)48(63)71-40)72-42-24-50(9,68-13)45(61)34(7)70-42)73-41-22-38(21-30(3)69-41)56(11)20-19-36-28-58(55-54-36)39(25-52)26-53-47(62)35-15-17-37(18-16-35)59(66)67/h15-18,28-34,38-46,60-61,64-65H,14,19-27H2,1-13H3,(H,53,62)/t29-,30-,31+,32-,33-,34+,38+,39?,40-,41+,42+,43+,44-,45+,46-,49-,50-,51-/m1/s1. The van der Waals surface area contributed by atoms with Crippen LogP contribution in [0.3, 0.4) is 0 Å². The number of alkyl halides is 1. The Kier molecular flexibility index (Phi) is 20.9. The Labute approximate surface area is 429 Å². The number of carbonyl (C=O) groups excluding carboxylic acids is 2. The number of hydrogen-bond acceptors (Lipinski definition) is 18. The number of rotatable bonds is 16. The number of amides is 1. The van der Waals surface area contributed by atoms with Crippen molar-refractivity contribution >= 4 is 17.6 Å². The van der Waals surface area contributed by atoms with E-state index in [1.807, 2.05) is 39.8 Å². The van der Waals surface area contributed by atoms with E-state index >= 15 is 0 Å². The first-order valence-corrected chi connectivity index (χ1v) is 25.7. The molecule has 1 unspecified atom stereocenters. The lowest BCUT2D eigenvalue weighted by Gasteiger charge is -2.48. The van der Waals surface area contributed by atoms with E-state index in [1.54, 1.807) is 47.7 Å². The molecule has 1 aromatic heterocycles. The Morgan fingerprint density at radius 1 is 1.03 bits per heavy atom. The molecule has 3 fully saturated rings. The minimum Gasteiger partial charge on any atom is -0.459 e. The van der Waals surface area contributed by atoms with Crippen LogP contribution in [0.25, 0.3) is 0 Å². The molecule has 2 aromatic rings. The molecule has 1 amide bonds. The van der Waals surface area contributed by atoms with Crippen molar-refractivity contribution in [2.75, 3.05) is 47.5 Å². The number of halogens is 1. The third-order valence-corrected chi connectivity index (χ3v) is 15.7. The molecule has 18 atom stereocenters. The van der Waals surface area contributed by atoms with Crippen LogP contribution < -0.4 is 5.32 Å². The van der Waals surface area contributed by atoms with Crippen LogP contribution in [0.4, 0.5) is 10.1 Å². The monoisotopic (exact) mass is 1040 g/mol. The van der Waals surface area contributed by atoms with Crippen molar-refractivity contribution in [2.24, 2.45) is 17.8 Å². The lowest BCUT2D eigenvalue weighted by atomic mass is 9.77. The maximum Gasteiger partial charge on any atom is 0.311 e. The van der Waals surface area contributed by atoms with Crippen LogP contribution in [0.1, 0.15) is 123 Å². The van der Waals surface area contributed by atoms with Gasteiger partial charge in [0.25, 0.3) is 11.6 Å². The van der Waals surface area contributed by atoms with Crippen molar-refractivity contribution in [1.29, 1.82) is 0 Å². The fourth-order valence-corrected chi connectivity index (χ4v) is 11.0. The number of ether oxygens (including phenoxy) is 6. The number of hydrogen-bond donors (Lipinski definition) is 5. The molecular weight excluding hydrogens is 954 g/mol. The summed E-state index contributed by atoms with van der Waals surface area (Å²) in [7, 11) is 5.32. The zero-order valence-corrected chi connectivity index (χ0v) is 45.1. The highest BCUT2D eigenvalue weighted by Crippen LogP contribution is 2.40. The fraction of sp³-hybridized carbons (Fsp3) is 0.804. The molecule has 0 radical (unpaired) electrons. The third-order valence-electron chi connectivity index (χ3n) is 15.7. The van der Waals surface area contributed by atoms with Crippen molar-refractivity contribution in [3.8, 4) is 0 Å². The Bertz CT molecular complexity index is 2100. The molecule has 4 heterocycles. The molecule has 0 aliphatic carbocycles. The summed E-state index contributed by atoms with van der Waals surface area (Å²) in [6.07, 6.45) is -4.51. The summed E-state index contributed by atoms with van der Waals surface area (Å²) in [5, 5.41) is 69.5. The number of benzene rings is 1. The number of nitrogens with one attached hydrogen (secondary N) is 1. The van der Waals surface area contributed by atoms with Gasteiger partial charge in [-0.1, -0.05) is 26.0 Å². The van der Waals surface area contributed by atoms with Gasteiger partial charge in [0.2, 0.25) is 0 Å². The molecule has 22 heteroatoms. The maximum absolute atomic E-state index is 14.5. The molecule has 5 N–H and O–H groups in total. The van der Waals surface area contributed by atoms with Crippen LogP contribution in [-0.2, 0) is 39.6 Å². The van der Waals surface area contributed by atoms with Crippen molar-refractivity contribution in [1.82, 2.24) is 30.1 Å². The number of aliphatic hydroxyl groups is 4. The van der Waals surface area contributed by atoms with Gasteiger partial charge in [-0.25, -0.2) is 9.07 Å². The average Bonchev–Trinajstić information content (AvgIpc) is 3.82. The maximum atomic E-state index is 14.5. The summed E-state index contributed by atoms with van der Waals surface area (Å²) >= 11 is 0. The van der Waals surface area contributed by atoms with Gasteiger partial charge in [-0.2, -0.15) is 0 Å². The lowest BCUT2D eigenvalue weighted by molar-refractivity contribution is -0.384. The summed E-state index contributed by atoms with van der Waals surface area (Å²) in [5.74, 6) is -3.17. The number of nitrogens with zero attached hydrogens (tertiary/aromatic N) is 6. The first-order valence-electron chi connectivity index (χ1n) is 25.7. The van der Waals surface area contributed by atoms with Gasteiger partial charge in [-0.15, -0.1) is 5.10 Å². The van der Waals surface area contributed by atoms with Crippen LogP contribution in [0.2, 0.25) is 0 Å². The van der Waals surface area contributed by atoms with E-state index in [0.29, 0.717) is 38.0 Å². The van der Waals surface area contributed by atoms with Crippen molar-refractivity contribution in [3.05, 3.63) is 51.8 Å². The first kappa shape index (κ1) is 60.1. The molecule has 3 aliphatic heterocycles. The van der Waals surface area contributed by atoms with Crippen LogP contribution in [-0.4, -0.2) is 194 Å². The Hall–Kier alpha value is -3.81. The summed E-state index contributed by atoms with van der Waals surface area (Å²) in [6.45, 7) is 17.7. The number of carbonyl (C=O) groups is 2. The molecule has 21 nitrogen and oxygen atoms in total. The highest BCUT2D eigenvalue weighted by atomic mass is 19.1. The second-order valence-electron chi connectivity index (χ2n) is 21.8. The highest BCUT2D eigenvalue weighted by molar-refractivity contribution is 5.94. The first-order chi connectivity index (χ1) is 34.2. The average molecular weight is 1040 g/mol. The number of nitro benzene ring substituents is 1. The fourth-order valence-electron chi connectivity index (χ4n) is 11.0. The molecule has 0 saturated carbocycles. The van der Waals surface area contributed by atoms with Gasteiger partial charge >= 0.3 is 5.97 Å². The smallest absolute Gasteiger partial charge is 0.311 e. The van der Waals surface area contributed by atoms with E-state index in [2.05, 4.69) is 20.5 Å². The highest BCUT2D eigenvalue weighted by Gasteiger charge is 2.52. The predicted molar refractivity (Wildman–Crippen MR) is 266 cm³/mol. The molecule has 5 rings (SSSR count). The summed E-state index contributed by atoms with van der Waals surface area (Å²) in [4.78, 5) is 41.7. The van der Waals surface area contributed by atoms with Gasteiger partial charge in [0.05, 0.1) is 58.2 Å². The third kappa shape index (κ3) is 14.8. The van der Waals surface area contributed by atoms with Crippen molar-refractivity contribution < 1.29 is 67.8 Å². The summed E-state index contributed by atoms with van der Waals surface area (Å²) in [5.41, 5.74) is -3.81. The largest absolute Gasteiger partial charge is 0.459 e. The zero-order valence-electron chi connectivity index (χ0n) is 45.1. The second kappa shape index (κ2) is 25.4. The minimum atomic E-state index is -1.84. The molecule has 3 saturated heterocycles. The predicted octanol–water partition coefficient (Wildman–Crippen LogP) is 3.98. The van der Waals surface area contributed by atoms with Crippen LogP contribution in [0, 0.1) is 27.9 Å². The van der Waals surface area contributed by atoms with Crippen LogP contribution >= 0.6 is 0 Å². The summed E-state index contributed by atoms with van der Waals surface area (Å²) < 4.78 is 54.2. The van der Waals surface area contributed by atoms with Gasteiger partial charge in [0.1, 0.15) is 30.6 Å². The van der Waals surface area contributed by atoms with E-state index in [9.17, 15) is 44.5 Å². The van der Waals surface area contributed by atoms with Gasteiger partial charge in [-0.05, 0) is 99.9 Å². The SMILES string of the molecule is CC[C@H]1OC(=O)[C@H](C)[C@@H](O[C@H]2C[C@@](C)(OC)[C@@H](O)[C@H](C)O2)[C@H](C)[C@@H](O[C@H]2C[C@@H](N(C)CCc3cn(C(CF)CNC(=O)c4ccc([N+](=O)[O-])cc4)nn3)C[C@@H](C)O2)[C@](C)(O)C[C@@H](C)CN(C)[C@H](C)[C@@H](O)[C@]1(C)O. The Balaban J connectivity index is 1.37. The number of aromatic nitrogens is 3. The number of methoxy groups -OCH3 is 1. The van der Waals surface area contributed by atoms with Gasteiger partial charge in [0, 0.05) is 87.9 Å². The topological polar surface area (TPSA) is 263 Å². The van der Waals surface area contributed by atoms with Crippen molar-refractivity contribution in [3.63, 3.8) is 0 Å². The number of likely N-dealkylation sites (N-methyl/N-ethyl adjacent to an activating group) is 2. The van der Waals surface area contributed by atoms with Gasteiger partial charge in [-0.3, -0.25) is 19.7 Å². The van der Waals surface area contributed by atoms with Crippen LogP contribution in [0.15, 0.2) is 30.5 Å². The normalized spacial score (nSPS) is 38.0. The Morgan fingerprint density at radius 3 is 2.32 bits per heavy atom. The number of cyclic esters (lactones) is 1. The van der Waals surface area contributed by atoms with Crippen molar-refractivity contribution in [2.45, 2.75) is 198 Å². The zero-order chi connectivity index (χ0) is 54.3. The van der Waals surface area contributed by atoms with E-state index in [0.717, 1.165) is 0 Å². The number of esters is 1. The molecule has 73 heavy (non-hydrogen) atoms. The van der Waals surface area contributed by atoms with Crippen LogP contribution in [0.5, 0.6) is 0 Å². The van der Waals surface area contributed by atoms with E-state index in [-0.39, 0.29) is 55.1 Å². The molecule has 414 valence electrons. The molecular formula is C51H84FN7O14. The summed E-state index contributed by atoms with van der Waals surface area (Å²) in [6, 6.07) is 3.64. The molecule has 3 aliphatic rings. The Morgan fingerprint density at radius 2 is 1.70 bits per heavy atom. The second-order valence-corrected chi connectivity index (χ2v) is 21.8. The minimum absolute atomic E-state index is 0.0602.